The van der Waals surface area contributed by atoms with Crippen molar-refractivity contribution in [3.8, 4) is 0 Å². The third kappa shape index (κ3) is 1.74. The summed E-state index contributed by atoms with van der Waals surface area (Å²) in [6.45, 7) is 1.96. The lowest BCUT2D eigenvalue weighted by Gasteiger charge is -2.21. The van der Waals surface area contributed by atoms with Crippen molar-refractivity contribution in [1.82, 2.24) is 0 Å². The van der Waals surface area contributed by atoms with Crippen LogP contribution in [0, 0.1) is 0 Å². The Balaban J connectivity index is 2.36. The third-order valence-corrected chi connectivity index (χ3v) is 3.97. The van der Waals surface area contributed by atoms with Crippen LogP contribution in [-0.2, 0) is 12.8 Å². The van der Waals surface area contributed by atoms with Gasteiger partial charge in [-0.05, 0) is 47.6 Å². The van der Waals surface area contributed by atoms with Crippen LogP contribution < -0.4 is 0 Å². The average molecular weight is 238 g/mol. The van der Waals surface area contributed by atoms with Gasteiger partial charge in [-0.3, -0.25) is 4.79 Å². The monoisotopic (exact) mass is 238 g/mol. The Hall–Kier alpha value is -1.63. The molecule has 0 saturated heterocycles. The van der Waals surface area contributed by atoms with Crippen LogP contribution in [-0.4, -0.2) is 5.78 Å². The van der Waals surface area contributed by atoms with Gasteiger partial charge >= 0.3 is 0 Å². The van der Waals surface area contributed by atoms with E-state index in [1.54, 1.807) is 0 Å². The van der Waals surface area contributed by atoms with Crippen molar-refractivity contribution in [1.29, 1.82) is 0 Å². The fraction of sp³-hybridized carbons (Fsp3) is 0.353. The Morgan fingerprint density at radius 2 is 1.94 bits per heavy atom. The third-order valence-electron chi connectivity index (χ3n) is 3.97. The van der Waals surface area contributed by atoms with Crippen LogP contribution in [0.4, 0.5) is 0 Å². The van der Waals surface area contributed by atoms with E-state index in [0.717, 1.165) is 23.8 Å². The summed E-state index contributed by atoms with van der Waals surface area (Å²) in [5.74, 6) is 0.296. The zero-order valence-corrected chi connectivity index (χ0v) is 10.8. The first-order valence-electron chi connectivity index (χ1n) is 6.88. The van der Waals surface area contributed by atoms with Crippen molar-refractivity contribution in [3.63, 3.8) is 0 Å². The lowest BCUT2D eigenvalue weighted by molar-refractivity contribution is 0.0988. The first-order valence-corrected chi connectivity index (χ1v) is 6.88. The first-order chi connectivity index (χ1) is 8.81. The number of fused-ring (bicyclic) bond motifs is 2. The van der Waals surface area contributed by atoms with Crippen LogP contribution in [0.5, 0.6) is 0 Å². The van der Waals surface area contributed by atoms with Crippen molar-refractivity contribution >= 4 is 16.6 Å². The molecule has 0 aromatic heterocycles. The van der Waals surface area contributed by atoms with Gasteiger partial charge in [-0.15, -0.1) is 0 Å². The number of benzene rings is 2. The molecule has 0 amide bonds. The summed E-state index contributed by atoms with van der Waals surface area (Å²) < 4.78 is 0. The quantitative estimate of drug-likeness (QED) is 0.712. The van der Waals surface area contributed by atoms with Gasteiger partial charge in [0, 0.05) is 12.0 Å². The highest BCUT2D eigenvalue weighted by atomic mass is 16.1. The molecular weight excluding hydrogens is 220 g/mol. The zero-order valence-electron chi connectivity index (χ0n) is 10.8. The minimum atomic E-state index is 0.296. The van der Waals surface area contributed by atoms with E-state index in [2.05, 4.69) is 24.3 Å². The second kappa shape index (κ2) is 4.56. The van der Waals surface area contributed by atoms with Gasteiger partial charge in [0.15, 0.2) is 5.78 Å². The number of aryl methyl sites for hydroxylation is 1. The van der Waals surface area contributed by atoms with Gasteiger partial charge in [-0.2, -0.15) is 0 Å². The number of carbonyl (C=O) groups is 1. The van der Waals surface area contributed by atoms with Gasteiger partial charge in [0.25, 0.3) is 0 Å². The molecule has 0 radical (unpaired) electrons. The largest absolute Gasteiger partial charge is 0.294 e. The summed E-state index contributed by atoms with van der Waals surface area (Å²) in [5, 5.41) is 2.36. The summed E-state index contributed by atoms with van der Waals surface area (Å²) in [5.41, 5.74) is 3.73. The van der Waals surface area contributed by atoms with E-state index in [4.69, 9.17) is 0 Å². The van der Waals surface area contributed by atoms with Crippen LogP contribution in [0.15, 0.2) is 30.3 Å². The molecule has 0 aliphatic heterocycles. The highest BCUT2D eigenvalue weighted by molar-refractivity contribution is 6.09. The Morgan fingerprint density at radius 1 is 1.17 bits per heavy atom. The predicted octanol–water partition coefficient (Wildman–Crippen LogP) is 4.31. The smallest absolute Gasteiger partial charge is 0.163 e. The predicted molar refractivity (Wildman–Crippen MR) is 75.2 cm³/mol. The summed E-state index contributed by atoms with van der Waals surface area (Å²) in [7, 11) is 0. The number of rotatable bonds is 2. The molecule has 0 saturated carbocycles. The Morgan fingerprint density at radius 3 is 2.78 bits per heavy atom. The summed E-state index contributed by atoms with van der Waals surface area (Å²) in [6, 6.07) is 10.6. The van der Waals surface area contributed by atoms with Crippen molar-refractivity contribution < 1.29 is 4.79 Å². The van der Waals surface area contributed by atoms with E-state index < -0.39 is 0 Å². The highest BCUT2D eigenvalue weighted by Gasteiger charge is 2.19. The van der Waals surface area contributed by atoms with Crippen LogP contribution in [0.2, 0.25) is 0 Å². The topological polar surface area (TPSA) is 17.1 Å². The van der Waals surface area contributed by atoms with Gasteiger partial charge in [0.2, 0.25) is 0 Å². The molecule has 2 aromatic rings. The molecule has 0 bridgehead atoms. The number of hydrogen-bond acceptors (Lipinski definition) is 1. The van der Waals surface area contributed by atoms with E-state index in [-0.39, 0.29) is 0 Å². The Labute approximate surface area is 108 Å². The van der Waals surface area contributed by atoms with Crippen molar-refractivity contribution in [3.05, 3.63) is 47.0 Å². The van der Waals surface area contributed by atoms with E-state index in [1.807, 2.05) is 13.0 Å². The Kier molecular flexibility index (Phi) is 2.91. The Bertz CT molecular complexity index is 610. The van der Waals surface area contributed by atoms with E-state index >= 15 is 0 Å². The maximum Gasteiger partial charge on any atom is 0.163 e. The molecule has 0 atom stereocenters. The minimum absolute atomic E-state index is 0.296. The number of Topliss-reactive ketones (excluding diaryl/α,β-unsaturated/α-hetero) is 1. The van der Waals surface area contributed by atoms with Crippen LogP contribution in [0.1, 0.15) is 47.7 Å². The molecule has 1 nitrogen and oxygen atoms in total. The molecule has 0 N–H and O–H groups in total. The molecule has 1 aliphatic carbocycles. The standard InChI is InChI=1S/C17H18O/c1-2-16(18)17-14-9-5-3-7-12(14)11-13-8-4-6-10-15(13)17/h3,5,7,9,11H,2,4,6,8,10H2,1H3. The van der Waals surface area contributed by atoms with E-state index in [1.165, 1.54) is 29.4 Å². The summed E-state index contributed by atoms with van der Waals surface area (Å²) >= 11 is 0. The molecular formula is C17H18O. The molecule has 0 spiro atoms. The van der Waals surface area contributed by atoms with Crippen LogP contribution in [0.3, 0.4) is 0 Å². The molecule has 1 heteroatoms. The lowest BCUT2D eigenvalue weighted by Crippen LogP contribution is -2.11. The maximum atomic E-state index is 12.3. The number of carbonyl (C=O) groups excluding carboxylic acids is 1. The van der Waals surface area contributed by atoms with Gasteiger partial charge in [0.1, 0.15) is 0 Å². The van der Waals surface area contributed by atoms with Gasteiger partial charge in [-0.25, -0.2) is 0 Å². The zero-order chi connectivity index (χ0) is 12.5. The fourth-order valence-electron chi connectivity index (χ4n) is 3.07. The van der Waals surface area contributed by atoms with Crippen LogP contribution >= 0.6 is 0 Å². The minimum Gasteiger partial charge on any atom is -0.294 e. The maximum absolute atomic E-state index is 12.3. The SMILES string of the molecule is CCC(=O)c1c2c(cc3ccccc13)CCCC2. The molecule has 0 unspecified atom stereocenters. The molecule has 0 fully saturated rings. The lowest BCUT2D eigenvalue weighted by atomic mass is 9.83. The molecule has 92 valence electrons. The van der Waals surface area contributed by atoms with Gasteiger partial charge in [0.05, 0.1) is 0 Å². The average Bonchev–Trinajstić information content (AvgIpc) is 2.44. The van der Waals surface area contributed by atoms with Crippen molar-refractivity contribution in [2.45, 2.75) is 39.0 Å². The second-order valence-electron chi connectivity index (χ2n) is 5.09. The highest BCUT2D eigenvalue weighted by Crippen LogP contribution is 2.32. The van der Waals surface area contributed by atoms with E-state index in [0.29, 0.717) is 12.2 Å². The molecule has 18 heavy (non-hydrogen) atoms. The normalized spacial score (nSPS) is 14.5. The fourth-order valence-corrected chi connectivity index (χ4v) is 3.07. The van der Waals surface area contributed by atoms with Crippen LogP contribution in [0.25, 0.3) is 10.8 Å². The molecule has 1 aliphatic rings. The summed E-state index contributed by atoms with van der Waals surface area (Å²) in [4.78, 5) is 12.3. The molecule has 2 aromatic carbocycles. The van der Waals surface area contributed by atoms with E-state index in [9.17, 15) is 4.79 Å². The van der Waals surface area contributed by atoms with Gasteiger partial charge < -0.3 is 0 Å². The molecule has 3 rings (SSSR count). The first kappa shape index (κ1) is 11.5. The number of hydrogen-bond donors (Lipinski definition) is 0. The molecule has 0 heterocycles. The van der Waals surface area contributed by atoms with Crippen molar-refractivity contribution in [2.24, 2.45) is 0 Å². The summed E-state index contributed by atoms with van der Waals surface area (Å²) in [6.07, 6.45) is 5.27. The van der Waals surface area contributed by atoms with Crippen molar-refractivity contribution in [2.75, 3.05) is 0 Å². The number of ketones is 1. The second-order valence-corrected chi connectivity index (χ2v) is 5.09. The van der Waals surface area contributed by atoms with Gasteiger partial charge in [-0.1, -0.05) is 37.3 Å².